The van der Waals surface area contributed by atoms with Gasteiger partial charge in [0.25, 0.3) is 10.0 Å². The highest BCUT2D eigenvalue weighted by atomic mass is 32.2. The monoisotopic (exact) mass is 299 g/mol. The van der Waals surface area contributed by atoms with Crippen molar-refractivity contribution in [2.75, 3.05) is 0 Å². The number of nitrogens with zero attached hydrogens (tertiary/aromatic N) is 2. The fourth-order valence-electron chi connectivity index (χ4n) is 1.23. The largest absolute Gasteiger partial charge is 0.478 e. The molecule has 0 aromatic carbocycles. The number of thiazole rings is 1. The fourth-order valence-corrected chi connectivity index (χ4v) is 2.72. The maximum Gasteiger partial charge on any atom is 0.337 e. The Bertz CT molecular complexity index is 665. The summed E-state index contributed by atoms with van der Waals surface area (Å²) in [6.45, 7) is 0.0637. The average Bonchev–Trinajstić information content (AvgIpc) is 2.90. The lowest BCUT2D eigenvalue weighted by Crippen LogP contribution is -2.24. The Labute approximate surface area is 113 Å². The van der Waals surface area contributed by atoms with Crippen molar-refractivity contribution >= 4 is 27.3 Å². The molecule has 0 saturated carbocycles. The third-order valence-electron chi connectivity index (χ3n) is 2.19. The second-order valence-electron chi connectivity index (χ2n) is 3.49. The molecule has 0 atom stereocenters. The molecule has 0 radical (unpaired) electrons. The topological polar surface area (TPSA) is 109 Å². The maximum absolute atomic E-state index is 11.9. The van der Waals surface area contributed by atoms with Crippen LogP contribution in [-0.2, 0) is 16.6 Å². The second kappa shape index (κ2) is 5.43. The van der Waals surface area contributed by atoms with Crippen molar-refractivity contribution in [2.45, 2.75) is 11.6 Å². The zero-order chi connectivity index (χ0) is 13.9. The van der Waals surface area contributed by atoms with Crippen molar-refractivity contribution < 1.29 is 18.3 Å². The summed E-state index contributed by atoms with van der Waals surface area (Å²) in [7, 11) is -3.77. The molecule has 0 unspecified atom stereocenters. The standard InChI is InChI=1S/C10H9N3O4S2/c14-10(15)7-1-2-9(11-3-7)19(16,17)13-4-8-5-18-6-12-8/h1-3,5-6,13H,4H2,(H,14,15). The highest BCUT2D eigenvalue weighted by Gasteiger charge is 2.16. The molecule has 0 spiro atoms. The number of pyridine rings is 1. The number of hydrogen-bond donors (Lipinski definition) is 2. The van der Waals surface area contributed by atoms with E-state index in [1.807, 2.05) is 0 Å². The van der Waals surface area contributed by atoms with Crippen molar-refractivity contribution in [3.8, 4) is 0 Å². The molecule has 2 N–H and O–H groups in total. The summed E-state index contributed by atoms with van der Waals surface area (Å²) in [6, 6.07) is 2.33. The molecule has 7 nitrogen and oxygen atoms in total. The van der Waals surface area contributed by atoms with Gasteiger partial charge in [-0.3, -0.25) is 0 Å². The molecule has 2 heterocycles. The lowest BCUT2D eigenvalue weighted by atomic mass is 10.3. The highest BCUT2D eigenvalue weighted by molar-refractivity contribution is 7.89. The van der Waals surface area contributed by atoms with Gasteiger partial charge in [-0.25, -0.2) is 27.9 Å². The summed E-state index contributed by atoms with van der Waals surface area (Å²) in [6.07, 6.45) is 1.000. The van der Waals surface area contributed by atoms with E-state index in [1.54, 1.807) is 10.9 Å². The van der Waals surface area contributed by atoms with Crippen LogP contribution in [0.2, 0.25) is 0 Å². The van der Waals surface area contributed by atoms with Crippen molar-refractivity contribution in [2.24, 2.45) is 0 Å². The van der Waals surface area contributed by atoms with E-state index in [0.29, 0.717) is 5.69 Å². The first-order valence-corrected chi connectivity index (χ1v) is 7.48. The molecule has 0 fully saturated rings. The van der Waals surface area contributed by atoms with E-state index in [4.69, 9.17) is 5.11 Å². The number of carboxylic acid groups (broad SMARTS) is 1. The minimum absolute atomic E-state index is 0.0637. The SMILES string of the molecule is O=C(O)c1ccc(S(=O)(=O)NCc2cscn2)nc1. The molecule has 2 aromatic heterocycles. The molecular weight excluding hydrogens is 290 g/mol. The van der Waals surface area contributed by atoms with E-state index in [0.717, 1.165) is 12.3 Å². The van der Waals surface area contributed by atoms with Crippen LogP contribution in [0.25, 0.3) is 0 Å². The van der Waals surface area contributed by atoms with Gasteiger partial charge >= 0.3 is 5.97 Å². The van der Waals surface area contributed by atoms with Crippen LogP contribution in [0.15, 0.2) is 34.2 Å². The third kappa shape index (κ3) is 3.34. The Morgan fingerprint density at radius 1 is 1.37 bits per heavy atom. The van der Waals surface area contributed by atoms with Gasteiger partial charge < -0.3 is 5.11 Å². The Morgan fingerprint density at radius 2 is 2.16 bits per heavy atom. The molecule has 19 heavy (non-hydrogen) atoms. The van der Waals surface area contributed by atoms with Crippen LogP contribution in [0.4, 0.5) is 0 Å². The summed E-state index contributed by atoms with van der Waals surface area (Å²) in [5.74, 6) is -1.16. The predicted octanol–water partition coefficient (Wildman–Crippen LogP) is 0.715. The van der Waals surface area contributed by atoms with Gasteiger partial charge in [-0.15, -0.1) is 11.3 Å². The van der Waals surface area contributed by atoms with Gasteiger partial charge in [0.2, 0.25) is 0 Å². The van der Waals surface area contributed by atoms with E-state index >= 15 is 0 Å². The Hall–Kier alpha value is -1.84. The predicted molar refractivity (Wildman–Crippen MR) is 67.3 cm³/mol. The van der Waals surface area contributed by atoms with Crippen LogP contribution < -0.4 is 4.72 Å². The van der Waals surface area contributed by atoms with Gasteiger partial charge in [0.05, 0.1) is 23.3 Å². The smallest absolute Gasteiger partial charge is 0.337 e. The van der Waals surface area contributed by atoms with Crippen LogP contribution in [0.3, 0.4) is 0 Å². The quantitative estimate of drug-likeness (QED) is 0.841. The van der Waals surface area contributed by atoms with E-state index in [-0.39, 0.29) is 17.1 Å². The first kappa shape index (κ1) is 13.6. The van der Waals surface area contributed by atoms with Gasteiger partial charge in [0, 0.05) is 11.6 Å². The van der Waals surface area contributed by atoms with E-state index in [9.17, 15) is 13.2 Å². The van der Waals surface area contributed by atoms with E-state index < -0.39 is 16.0 Å². The van der Waals surface area contributed by atoms with Crippen molar-refractivity contribution in [3.05, 3.63) is 40.5 Å². The van der Waals surface area contributed by atoms with Crippen molar-refractivity contribution in [1.82, 2.24) is 14.7 Å². The normalized spacial score (nSPS) is 11.4. The highest BCUT2D eigenvalue weighted by Crippen LogP contribution is 2.08. The van der Waals surface area contributed by atoms with Gasteiger partial charge in [0.15, 0.2) is 5.03 Å². The Kier molecular flexibility index (Phi) is 3.88. The molecule has 2 aromatic rings. The first-order valence-electron chi connectivity index (χ1n) is 5.05. The molecule has 0 aliphatic carbocycles. The number of rotatable bonds is 5. The summed E-state index contributed by atoms with van der Waals surface area (Å²) in [5, 5.41) is 10.2. The molecule has 0 bridgehead atoms. The Balaban J connectivity index is 2.13. The molecule has 0 aliphatic heterocycles. The lowest BCUT2D eigenvalue weighted by molar-refractivity contribution is 0.0696. The second-order valence-corrected chi connectivity index (χ2v) is 5.93. The van der Waals surface area contributed by atoms with Gasteiger partial charge in [-0.2, -0.15) is 0 Å². The van der Waals surface area contributed by atoms with Gasteiger partial charge in [0.1, 0.15) is 0 Å². The third-order valence-corrected chi connectivity index (χ3v) is 4.14. The number of carboxylic acids is 1. The van der Waals surface area contributed by atoms with Crippen molar-refractivity contribution in [3.63, 3.8) is 0 Å². The molecule has 2 rings (SSSR count). The maximum atomic E-state index is 11.9. The van der Waals surface area contributed by atoms with E-state index in [1.165, 1.54) is 17.4 Å². The van der Waals surface area contributed by atoms with Crippen LogP contribution in [-0.4, -0.2) is 29.5 Å². The van der Waals surface area contributed by atoms with Crippen LogP contribution in [0, 0.1) is 0 Å². The molecule has 0 amide bonds. The molecular formula is C10H9N3O4S2. The van der Waals surface area contributed by atoms with Gasteiger partial charge in [-0.05, 0) is 12.1 Å². The number of sulfonamides is 1. The number of aromatic carboxylic acids is 1. The molecule has 0 aliphatic rings. The zero-order valence-electron chi connectivity index (χ0n) is 9.48. The van der Waals surface area contributed by atoms with Crippen LogP contribution >= 0.6 is 11.3 Å². The first-order chi connectivity index (χ1) is 8.99. The lowest BCUT2D eigenvalue weighted by Gasteiger charge is -2.04. The summed E-state index contributed by atoms with van der Waals surface area (Å²) in [4.78, 5) is 18.2. The summed E-state index contributed by atoms with van der Waals surface area (Å²) >= 11 is 1.36. The molecule has 0 saturated heterocycles. The minimum Gasteiger partial charge on any atom is -0.478 e. The summed E-state index contributed by atoms with van der Waals surface area (Å²) in [5.41, 5.74) is 2.14. The van der Waals surface area contributed by atoms with Crippen LogP contribution in [0.5, 0.6) is 0 Å². The summed E-state index contributed by atoms with van der Waals surface area (Å²) < 4.78 is 26.1. The number of nitrogens with one attached hydrogen (secondary N) is 1. The molecule has 100 valence electrons. The molecule has 9 heteroatoms. The van der Waals surface area contributed by atoms with Gasteiger partial charge in [-0.1, -0.05) is 0 Å². The minimum atomic E-state index is -3.77. The van der Waals surface area contributed by atoms with Crippen LogP contribution in [0.1, 0.15) is 16.1 Å². The van der Waals surface area contributed by atoms with Crippen molar-refractivity contribution in [1.29, 1.82) is 0 Å². The zero-order valence-corrected chi connectivity index (χ0v) is 11.1. The fraction of sp³-hybridized carbons (Fsp3) is 0.100. The number of hydrogen-bond acceptors (Lipinski definition) is 6. The number of aromatic nitrogens is 2. The Morgan fingerprint density at radius 3 is 2.68 bits per heavy atom. The number of carbonyl (C=O) groups is 1. The van der Waals surface area contributed by atoms with E-state index in [2.05, 4.69) is 14.7 Å². The average molecular weight is 299 g/mol.